The first kappa shape index (κ1) is 23.8. The van der Waals surface area contributed by atoms with Crippen molar-refractivity contribution in [2.24, 2.45) is 7.05 Å². The summed E-state index contributed by atoms with van der Waals surface area (Å²) in [5, 5.41) is 7.19. The number of benzene rings is 1. The van der Waals surface area contributed by atoms with Gasteiger partial charge in [0.1, 0.15) is 12.1 Å². The smallest absolute Gasteiger partial charge is 0.261 e. The normalized spacial score (nSPS) is 12.0. The van der Waals surface area contributed by atoms with E-state index < -0.39 is 10.0 Å². The molecule has 0 saturated heterocycles. The van der Waals surface area contributed by atoms with E-state index in [1.165, 1.54) is 18.5 Å². The van der Waals surface area contributed by atoms with Gasteiger partial charge in [0.25, 0.3) is 10.0 Å². The van der Waals surface area contributed by atoms with Crippen molar-refractivity contribution in [2.45, 2.75) is 31.3 Å². The zero-order chi connectivity index (χ0) is 23.5. The number of rotatable bonds is 9. The van der Waals surface area contributed by atoms with E-state index >= 15 is 0 Å². The molecule has 2 N–H and O–H groups in total. The van der Waals surface area contributed by atoms with E-state index in [-0.39, 0.29) is 23.4 Å². The van der Waals surface area contributed by atoms with Crippen LogP contribution in [0.5, 0.6) is 0 Å². The van der Waals surface area contributed by atoms with E-state index in [0.717, 1.165) is 5.69 Å². The average Bonchev–Trinajstić information content (AvgIpc) is 3.09. The number of halogens is 1. The summed E-state index contributed by atoms with van der Waals surface area (Å²) in [6.45, 7) is 4.34. The fourth-order valence-electron chi connectivity index (χ4n) is 3.32. The van der Waals surface area contributed by atoms with Crippen LogP contribution in [-0.4, -0.2) is 53.8 Å². The first-order chi connectivity index (χ1) is 15.1. The molecule has 9 nitrogen and oxygen atoms in total. The van der Waals surface area contributed by atoms with Gasteiger partial charge in [-0.15, -0.1) is 0 Å². The van der Waals surface area contributed by atoms with Crippen LogP contribution < -0.4 is 10.0 Å². The van der Waals surface area contributed by atoms with E-state index in [4.69, 9.17) is 0 Å². The molecule has 0 radical (unpaired) electrons. The van der Waals surface area contributed by atoms with E-state index in [2.05, 4.69) is 25.1 Å². The number of anilines is 1. The topological polar surface area (TPSA) is 105 Å². The van der Waals surface area contributed by atoms with Gasteiger partial charge in [-0.25, -0.2) is 22.8 Å². The molecular formula is C21H28FN7O2S. The third kappa shape index (κ3) is 5.47. The molecular weight excluding hydrogens is 433 g/mol. The number of aryl methyl sites for hydroxylation is 1. The highest BCUT2D eigenvalue weighted by Crippen LogP contribution is 2.35. The SMILES string of the molecule is CC(C)c1cc(F)cc(-c2cncnc2)c1NCNS(=O)(=O)c1cc(CN(C)C)n(C)n1. The molecule has 0 aliphatic rings. The molecule has 172 valence electrons. The van der Waals surface area contributed by atoms with Crippen molar-refractivity contribution in [3.8, 4) is 11.1 Å². The Labute approximate surface area is 187 Å². The van der Waals surface area contributed by atoms with E-state index in [9.17, 15) is 12.8 Å². The zero-order valence-electron chi connectivity index (χ0n) is 18.8. The maximum absolute atomic E-state index is 14.3. The van der Waals surface area contributed by atoms with Gasteiger partial charge in [0.05, 0.1) is 12.4 Å². The van der Waals surface area contributed by atoms with E-state index in [1.54, 1.807) is 30.2 Å². The first-order valence-corrected chi connectivity index (χ1v) is 11.6. The predicted octanol–water partition coefficient (Wildman–Crippen LogP) is 2.55. The maximum Gasteiger partial charge on any atom is 0.261 e. The standard InChI is InChI=1S/C21H28FN7O2S/c1-14(2)18-6-16(22)7-19(15-9-23-12-24-10-15)21(18)25-13-26-32(30,31)20-8-17(11-28(3)4)29(5)27-20/h6-10,12,14,25-26H,11,13H2,1-5H3. The molecule has 0 atom stereocenters. The molecule has 2 heterocycles. The lowest BCUT2D eigenvalue weighted by Gasteiger charge is -2.19. The van der Waals surface area contributed by atoms with Gasteiger partial charge < -0.3 is 10.2 Å². The lowest BCUT2D eigenvalue weighted by Crippen LogP contribution is -2.30. The number of nitrogens with one attached hydrogen (secondary N) is 2. The van der Waals surface area contributed by atoms with Gasteiger partial charge in [-0.1, -0.05) is 13.8 Å². The summed E-state index contributed by atoms with van der Waals surface area (Å²) in [5.41, 5.74) is 3.29. The van der Waals surface area contributed by atoms with Gasteiger partial charge in [-0.05, 0) is 37.7 Å². The summed E-state index contributed by atoms with van der Waals surface area (Å²) >= 11 is 0. The summed E-state index contributed by atoms with van der Waals surface area (Å²) in [7, 11) is 1.65. The van der Waals surface area contributed by atoms with Crippen LogP contribution in [0.3, 0.4) is 0 Å². The van der Waals surface area contributed by atoms with Crippen molar-refractivity contribution in [1.29, 1.82) is 0 Å². The molecule has 11 heteroatoms. The van der Waals surface area contributed by atoms with Gasteiger partial charge in [-0.2, -0.15) is 9.82 Å². The molecule has 0 spiro atoms. The van der Waals surface area contributed by atoms with Crippen LogP contribution in [0, 0.1) is 5.82 Å². The fraction of sp³-hybridized carbons (Fsp3) is 0.381. The van der Waals surface area contributed by atoms with Crippen LogP contribution in [0.15, 0.2) is 41.9 Å². The minimum Gasteiger partial charge on any atom is -0.371 e. The first-order valence-electron chi connectivity index (χ1n) is 10.1. The zero-order valence-corrected chi connectivity index (χ0v) is 19.6. The quantitative estimate of drug-likeness (QED) is 0.472. The van der Waals surface area contributed by atoms with E-state index in [0.29, 0.717) is 28.9 Å². The molecule has 2 aromatic heterocycles. The lowest BCUT2D eigenvalue weighted by molar-refractivity contribution is 0.387. The Hall–Kier alpha value is -2.89. The Morgan fingerprint density at radius 1 is 1.16 bits per heavy atom. The van der Waals surface area contributed by atoms with Crippen LogP contribution in [0.2, 0.25) is 0 Å². The van der Waals surface area contributed by atoms with Crippen molar-refractivity contribution in [1.82, 2.24) is 29.4 Å². The van der Waals surface area contributed by atoms with Crippen LogP contribution in [-0.2, 0) is 23.6 Å². The van der Waals surface area contributed by atoms with Gasteiger partial charge in [0.15, 0.2) is 5.03 Å². The summed E-state index contributed by atoms with van der Waals surface area (Å²) < 4.78 is 44.0. The largest absolute Gasteiger partial charge is 0.371 e. The van der Waals surface area contributed by atoms with Crippen molar-refractivity contribution in [2.75, 3.05) is 26.1 Å². The summed E-state index contributed by atoms with van der Waals surface area (Å²) in [4.78, 5) is 9.95. The molecule has 32 heavy (non-hydrogen) atoms. The van der Waals surface area contributed by atoms with Gasteiger partial charge in [0, 0.05) is 48.9 Å². The number of hydrogen-bond donors (Lipinski definition) is 2. The second kappa shape index (κ2) is 9.72. The summed E-state index contributed by atoms with van der Waals surface area (Å²) in [6.07, 6.45) is 4.56. The van der Waals surface area contributed by atoms with Crippen LogP contribution in [0.1, 0.15) is 31.0 Å². The number of nitrogens with zero attached hydrogens (tertiary/aromatic N) is 5. The molecule has 0 amide bonds. The molecule has 0 unspecified atom stereocenters. The molecule has 0 bridgehead atoms. The molecule has 0 fully saturated rings. The maximum atomic E-state index is 14.3. The highest BCUT2D eigenvalue weighted by molar-refractivity contribution is 7.89. The third-order valence-corrected chi connectivity index (χ3v) is 6.14. The second-order valence-corrected chi connectivity index (χ2v) is 9.75. The Bertz CT molecular complexity index is 1180. The molecule has 1 aromatic carbocycles. The van der Waals surface area contributed by atoms with Crippen molar-refractivity contribution in [3.05, 3.63) is 54.0 Å². The monoisotopic (exact) mass is 461 g/mol. The lowest BCUT2D eigenvalue weighted by atomic mass is 9.95. The number of hydrogen-bond acceptors (Lipinski definition) is 7. The third-order valence-electron chi connectivity index (χ3n) is 4.86. The number of sulfonamides is 1. The highest BCUT2D eigenvalue weighted by atomic mass is 32.2. The molecule has 3 rings (SSSR count). The van der Waals surface area contributed by atoms with Crippen LogP contribution in [0.4, 0.5) is 10.1 Å². The summed E-state index contributed by atoms with van der Waals surface area (Å²) in [5.74, 6) is -0.391. The minimum atomic E-state index is -3.85. The molecule has 3 aromatic rings. The van der Waals surface area contributed by atoms with Crippen molar-refractivity contribution < 1.29 is 12.8 Å². The molecule has 0 aliphatic carbocycles. The summed E-state index contributed by atoms with van der Waals surface area (Å²) in [6, 6.07) is 4.38. The Balaban J connectivity index is 1.85. The number of aromatic nitrogens is 4. The second-order valence-electron chi connectivity index (χ2n) is 8.04. The fourth-order valence-corrected chi connectivity index (χ4v) is 4.25. The average molecular weight is 462 g/mol. The Morgan fingerprint density at radius 2 is 1.84 bits per heavy atom. The van der Waals surface area contributed by atoms with Crippen LogP contribution >= 0.6 is 0 Å². The van der Waals surface area contributed by atoms with Crippen molar-refractivity contribution >= 4 is 15.7 Å². The Morgan fingerprint density at radius 3 is 2.47 bits per heavy atom. The van der Waals surface area contributed by atoms with E-state index in [1.807, 2.05) is 32.8 Å². The van der Waals surface area contributed by atoms with Gasteiger partial charge >= 0.3 is 0 Å². The molecule has 0 saturated carbocycles. The van der Waals surface area contributed by atoms with Crippen LogP contribution in [0.25, 0.3) is 11.1 Å². The van der Waals surface area contributed by atoms with Gasteiger partial charge in [-0.3, -0.25) is 4.68 Å². The van der Waals surface area contributed by atoms with Gasteiger partial charge in [0.2, 0.25) is 0 Å². The Kier molecular flexibility index (Phi) is 7.22. The van der Waals surface area contributed by atoms with Crippen molar-refractivity contribution in [3.63, 3.8) is 0 Å². The molecule has 0 aliphatic heterocycles. The highest BCUT2D eigenvalue weighted by Gasteiger charge is 2.21. The minimum absolute atomic E-state index is 0.00225. The predicted molar refractivity (Wildman–Crippen MR) is 121 cm³/mol.